The molecule has 1 aliphatic rings. The van der Waals surface area contributed by atoms with Crippen molar-refractivity contribution in [2.24, 2.45) is 17.3 Å². The fourth-order valence-electron chi connectivity index (χ4n) is 4.46. The van der Waals surface area contributed by atoms with Crippen LogP contribution in [0.1, 0.15) is 50.4 Å². The van der Waals surface area contributed by atoms with E-state index in [1.54, 1.807) is 12.1 Å². The maximum Gasteiger partial charge on any atom is 0.337 e. The normalized spacial score (nSPS) is 23.4. The van der Waals surface area contributed by atoms with Gasteiger partial charge in [0.2, 0.25) is 5.28 Å². The summed E-state index contributed by atoms with van der Waals surface area (Å²) in [4.78, 5) is 16.1. The molecule has 1 aromatic heterocycles. The first-order valence-corrected chi connectivity index (χ1v) is 8.91. The largest absolute Gasteiger partial charge is 0.465 e. The van der Waals surface area contributed by atoms with Crippen LogP contribution in [0.15, 0.2) is 18.2 Å². The van der Waals surface area contributed by atoms with Crippen LogP contribution in [0, 0.1) is 17.3 Å². The lowest BCUT2D eigenvalue weighted by atomic mass is 9.68. The van der Waals surface area contributed by atoms with Crippen molar-refractivity contribution in [1.82, 2.24) is 9.55 Å². The molecule has 1 heterocycles. The molecule has 1 fully saturated rings. The molecule has 1 aromatic carbocycles. The zero-order valence-corrected chi connectivity index (χ0v) is 15.6. The van der Waals surface area contributed by atoms with Crippen LogP contribution in [0.3, 0.4) is 0 Å². The summed E-state index contributed by atoms with van der Waals surface area (Å²) in [6.07, 6.45) is 3.71. The zero-order chi connectivity index (χ0) is 17.5. The van der Waals surface area contributed by atoms with Gasteiger partial charge in [0.05, 0.1) is 23.7 Å². The molecular weight excluding hydrogens is 324 g/mol. The molecule has 0 amide bonds. The van der Waals surface area contributed by atoms with Gasteiger partial charge in [0.15, 0.2) is 0 Å². The van der Waals surface area contributed by atoms with Crippen molar-refractivity contribution in [2.75, 3.05) is 7.11 Å². The second-order valence-electron chi connectivity index (χ2n) is 7.97. The number of imidazole rings is 1. The van der Waals surface area contributed by atoms with Crippen molar-refractivity contribution >= 4 is 28.6 Å². The van der Waals surface area contributed by atoms with Crippen LogP contribution in [0.4, 0.5) is 0 Å². The maximum absolute atomic E-state index is 11.7. The second-order valence-corrected chi connectivity index (χ2v) is 8.30. The summed E-state index contributed by atoms with van der Waals surface area (Å²) < 4.78 is 6.85. The van der Waals surface area contributed by atoms with E-state index in [-0.39, 0.29) is 5.97 Å². The van der Waals surface area contributed by atoms with Crippen LogP contribution in [0.2, 0.25) is 5.28 Å². The van der Waals surface area contributed by atoms with Crippen molar-refractivity contribution in [3.05, 3.63) is 29.0 Å². The fraction of sp³-hybridized carbons (Fsp3) is 0.579. The number of nitrogens with zero attached hydrogens (tertiary/aromatic N) is 2. The number of halogens is 1. The number of esters is 1. The predicted molar refractivity (Wildman–Crippen MR) is 96.4 cm³/mol. The van der Waals surface area contributed by atoms with Gasteiger partial charge in [0, 0.05) is 6.54 Å². The van der Waals surface area contributed by atoms with Crippen molar-refractivity contribution in [2.45, 2.75) is 46.6 Å². The lowest BCUT2D eigenvalue weighted by Gasteiger charge is -2.39. The van der Waals surface area contributed by atoms with E-state index in [1.165, 1.54) is 26.4 Å². The topological polar surface area (TPSA) is 44.1 Å². The molecule has 3 rings (SSSR count). The number of hydrogen-bond acceptors (Lipinski definition) is 3. The molecular formula is C19H25ClN2O2. The van der Waals surface area contributed by atoms with Gasteiger partial charge in [-0.1, -0.05) is 20.8 Å². The molecule has 0 aliphatic heterocycles. The summed E-state index contributed by atoms with van der Waals surface area (Å²) in [5, 5.41) is 0.489. The van der Waals surface area contributed by atoms with Gasteiger partial charge in [-0.3, -0.25) is 0 Å². The van der Waals surface area contributed by atoms with Gasteiger partial charge < -0.3 is 9.30 Å². The van der Waals surface area contributed by atoms with E-state index in [4.69, 9.17) is 16.3 Å². The molecule has 0 spiro atoms. The predicted octanol–water partition coefficient (Wildman–Crippen LogP) is 4.94. The molecule has 1 saturated carbocycles. The standard InChI is InChI=1S/C19H25ClN2O2/c1-12-7-13(10-19(2,3)9-12)11-22-16-6-5-14(17(23)24-4)8-15(16)21-18(22)20/h5-6,8,12-13H,7,9-11H2,1-4H3/t12-,13+/m0/s1. The summed E-state index contributed by atoms with van der Waals surface area (Å²) in [5.41, 5.74) is 2.59. The number of ether oxygens (including phenoxy) is 1. The second kappa shape index (κ2) is 6.40. The van der Waals surface area contributed by atoms with Crippen molar-refractivity contribution in [3.63, 3.8) is 0 Å². The van der Waals surface area contributed by atoms with Crippen LogP contribution in [0.5, 0.6) is 0 Å². The molecule has 130 valence electrons. The van der Waals surface area contributed by atoms with Gasteiger partial charge in [-0.25, -0.2) is 9.78 Å². The molecule has 0 unspecified atom stereocenters. The number of fused-ring (bicyclic) bond motifs is 1. The Morgan fingerprint density at radius 2 is 2.17 bits per heavy atom. The monoisotopic (exact) mass is 348 g/mol. The SMILES string of the molecule is COC(=O)c1ccc2c(c1)nc(Cl)n2C[C@@H]1C[C@H](C)CC(C)(C)C1. The van der Waals surface area contributed by atoms with E-state index in [1.807, 2.05) is 6.07 Å². The number of rotatable bonds is 3. The third-order valence-corrected chi connectivity index (χ3v) is 5.33. The first kappa shape index (κ1) is 17.3. The highest BCUT2D eigenvalue weighted by molar-refractivity contribution is 6.29. The maximum atomic E-state index is 11.7. The summed E-state index contributed by atoms with van der Waals surface area (Å²) >= 11 is 6.40. The van der Waals surface area contributed by atoms with Crippen LogP contribution in [-0.2, 0) is 11.3 Å². The Bertz CT molecular complexity index is 766. The van der Waals surface area contributed by atoms with E-state index in [2.05, 4.69) is 30.3 Å². The van der Waals surface area contributed by atoms with E-state index in [0.717, 1.165) is 23.5 Å². The summed E-state index contributed by atoms with van der Waals surface area (Å²) in [6, 6.07) is 5.44. The summed E-state index contributed by atoms with van der Waals surface area (Å²) in [7, 11) is 1.38. The molecule has 4 nitrogen and oxygen atoms in total. The van der Waals surface area contributed by atoms with Crippen molar-refractivity contribution < 1.29 is 9.53 Å². The first-order chi connectivity index (χ1) is 11.3. The Labute approximate surface area is 148 Å². The number of hydrogen-bond donors (Lipinski definition) is 0. The molecule has 1 aliphatic carbocycles. The van der Waals surface area contributed by atoms with Gasteiger partial charge in [0.25, 0.3) is 0 Å². The first-order valence-electron chi connectivity index (χ1n) is 8.53. The molecule has 0 radical (unpaired) electrons. The molecule has 2 aromatic rings. The average molecular weight is 349 g/mol. The molecule has 2 atom stereocenters. The minimum atomic E-state index is -0.356. The van der Waals surface area contributed by atoms with Crippen LogP contribution < -0.4 is 0 Å². The Morgan fingerprint density at radius 3 is 2.83 bits per heavy atom. The summed E-state index contributed by atoms with van der Waals surface area (Å²) in [5.74, 6) is 0.975. The highest BCUT2D eigenvalue weighted by atomic mass is 35.5. The minimum absolute atomic E-state index is 0.356. The lowest BCUT2D eigenvalue weighted by molar-refractivity contribution is 0.0601. The lowest BCUT2D eigenvalue weighted by Crippen LogP contribution is -2.29. The number of carbonyl (C=O) groups excluding carboxylic acids is 1. The molecule has 0 bridgehead atoms. The van der Waals surface area contributed by atoms with E-state index < -0.39 is 0 Å². The minimum Gasteiger partial charge on any atom is -0.465 e. The van der Waals surface area contributed by atoms with Crippen LogP contribution in [-0.4, -0.2) is 22.6 Å². The number of aromatic nitrogens is 2. The smallest absolute Gasteiger partial charge is 0.337 e. The molecule has 0 saturated heterocycles. The van der Waals surface area contributed by atoms with E-state index in [9.17, 15) is 4.79 Å². The Morgan fingerprint density at radius 1 is 1.42 bits per heavy atom. The van der Waals surface area contributed by atoms with Gasteiger partial charge in [-0.05, 0) is 66.3 Å². The van der Waals surface area contributed by atoms with Gasteiger partial charge in [-0.15, -0.1) is 0 Å². The average Bonchev–Trinajstić information content (AvgIpc) is 2.79. The third-order valence-electron chi connectivity index (χ3n) is 5.04. The highest BCUT2D eigenvalue weighted by Gasteiger charge is 2.32. The zero-order valence-electron chi connectivity index (χ0n) is 14.8. The van der Waals surface area contributed by atoms with E-state index >= 15 is 0 Å². The number of methoxy groups -OCH3 is 1. The van der Waals surface area contributed by atoms with Crippen molar-refractivity contribution in [1.29, 1.82) is 0 Å². The van der Waals surface area contributed by atoms with Gasteiger partial charge in [-0.2, -0.15) is 0 Å². The van der Waals surface area contributed by atoms with Crippen LogP contribution in [0.25, 0.3) is 11.0 Å². The van der Waals surface area contributed by atoms with Crippen LogP contribution >= 0.6 is 11.6 Å². The summed E-state index contributed by atoms with van der Waals surface area (Å²) in [6.45, 7) is 7.92. The Balaban J connectivity index is 1.89. The number of benzene rings is 1. The fourth-order valence-corrected chi connectivity index (χ4v) is 4.71. The van der Waals surface area contributed by atoms with Gasteiger partial charge >= 0.3 is 5.97 Å². The Kier molecular flexibility index (Phi) is 4.60. The van der Waals surface area contributed by atoms with Gasteiger partial charge in [0.1, 0.15) is 0 Å². The third kappa shape index (κ3) is 3.44. The molecule has 0 N–H and O–H groups in total. The van der Waals surface area contributed by atoms with Crippen molar-refractivity contribution in [3.8, 4) is 0 Å². The van der Waals surface area contributed by atoms with E-state index in [0.29, 0.717) is 22.2 Å². The quantitative estimate of drug-likeness (QED) is 0.738. The Hall–Kier alpha value is -1.55. The molecule has 5 heteroatoms. The molecule has 24 heavy (non-hydrogen) atoms. The highest BCUT2D eigenvalue weighted by Crippen LogP contribution is 2.42. The number of carbonyl (C=O) groups is 1.